The van der Waals surface area contributed by atoms with Crippen molar-refractivity contribution >= 4 is 23.0 Å². The summed E-state index contributed by atoms with van der Waals surface area (Å²) in [6.45, 7) is 11.8. The van der Waals surface area contributed by atoms with Crippen molar-refractivity contribution in [1.82, 2.24) is 0 Å². The van der Waals surface area contributed by atoms with Gasteiger partial charge in [0.25, 0.3) is 0 Å². The number of nitriles is 2. The number of oxime groups is 2. The van der Waals surface area contributed by atoms with Gasteiger partial charge in [-0.15, -0.1) is 0 Å². The molecule has 0 aromatic rings. The van der Waals surface area contributed by atoms with Crippen LogP contribution in [0.15, 0.2) is 15.3 Å². The summed E-state index contributed by atoms with van der Waals surface area (Å²) in [6, 6.07) is 4.08. The summed E-state index contributed by atoms with van der Waals surface area (Å²) in [4.78, 5) is 28.2. The predicted molar refractivity (Wildman–Crippen MR) is 98.1 cm³/mol. The van der Waals surface area contributed by atoms with Crippen molar-refractivity contribution in [3.8, 4) is 12.1 Å². The lowest BCUT2D eigenvalue weighted by molar-refractivity contribution is -0.262. The van der Waals surface area contributed by atoms with E-state index in [9.17, 15) is 15.3 Å². The second-order valence-electron chi connectivity index (χ2n) is 8.23. The Labute approximate surface area is 158 Å². The molecular weight excluding hydrogens is 348 g/mol. The molecule has 1 heterocycles. The van der Waals surface area contributed by atoms with Crippen LogP contribution in [0.2, 0.25) is 0 Å². The number of fused-ring (bicyclic) bond motifs is 1. The molecule has 0 radical (unpaired) electrons. The molecule has 2 aliphatic rings. The van der Waals surface area contributed by atoms with Crippen LogP contribution in [0.1, 0.15) is 48.5 Å². The van der Waals surface area contributed by atoms with Crippen LogP contribution in [0.4, 0.5) is 0 Å². The van der Waals surface area contributed by atoms with E-state index in [1.807, 2.05) is 6.07 Å². The van der Waals surface area contributed by atoms with E-state index in [1.165, 1.54) is 0 Å². The number of carbonyl (C=O) groups excluding carboxylic acids is 1. The number of nitrogens with zero attached hydrogens (tertiary/aromatic N) is 5. The van der Waals surface area contributed by atoms with Gasteiger partial charge in [0.2, 0.25) is 0 Å². The van der Waals surface area contributed by atoms with E-state index in [4.69, 9.17) is 15.4 Å². The summed E-state index contributed by atoms with van der Waals surface area (Å²) >= 11 is 0. The van der Waals surface area contributed by atoms with Crippen molar-refractivity contribution in [1.29, 1.82) is 10.5 Å². The van der Waals surface area contributed by atoms with Gasteiger partial charge in [-0.25, -0.2) is 0 Å². The van der Waals surface area contributed by atoms with Crippen molar-refractivity contribution in [2.24, 2.45) is 43.2 Å². The quantitative estimate of drug-likeness (QED) is 0.444. The van der Waals surface area contributed by atoms with Crippen LogP contribution in [0, 0.1) is 44.8 Å². The molecule has 0 aromatic carbocycles. The molecular formula is C18H24N6O3. The number of ketones is 1. The van der Waals surface area contributed by atoms with E-state index < -0.39 is 28.1 Å². The average Bonchev–Trinajstić information content (AvgIpc) is 3.13. The smallest absolute Gasteiger partial charge is 0.386 e. The molecule has 144 valence electrons. The standard InChI is InChI=1S/C18H24N6O3/c1-10(2)23-26-18(27-24-11(3)4)17(9-20)12(13(25)15(5,6)7)16(17,8-19)14(21)22-18/h12H,1-7H3,(H2,21,22)/t12-,16+,17+/m0/s1. The van der Waals surface area contributed by atoms with Gasteiger partial charge >= 0.3 is 5.91 Å². The van der Waals surface area contributed by atoms with Gasteiger partial charge in [0.15, 0.2) is 10.8 Å². The Morgan fingerprint density at radius 2 is 1.59 bits per heavy atom. The third-order valence-corrected chi connectivity index (χ3v) is 4.63. The molecule has 2 N–H and O–H groups in total. The predicted octanol–water partition coefficient (Wildman–Crippen LogP) is 2.10. The number of hydrogen-bond acceptors (Lipinski definition) is 9. The van der Waals surface area contributed by atoms with E-state index in [-0.39, 0.29) is 11.6 Å². The SMILES string of the molecule is CC(C)=NOC1(ON=C(C)C)N=C(N)[C@@]2(C#N)[C@H](C(=O)C(C)(C)C)[C@@]12C#N. The van der Waals surface area contributed by atoms with Crippen molar-refractivity contribution in [3.05, 3.63) is 0 Å². The Kier molecular flexibility index (Phi) is 4.57. The van der Waals surface area contributed by atoms with Gasteiger partial charge in [-0.2, -0.15) is 15.5 Å². The summed E-state index contributed by atoms with van der Waals surface area (Å²) in [5.74, 6) is -3.70. The van der Waals surface area contributed by atoms with Gasteiger partial charge in [0.1, 0.15) is 11.6 Å². The Morgan fingerprint density at radius 3 is 1.93 bits per heavy atom. The molecule has 0 saturated heterocycles. The second kappa shape index (κ2) is 6.05. The molecule has 0 bridgehead atoms. The number of nitrogens with two attached hydrogens (primary N) is 1. The van der Waals surface area contributed by atoms with E-state index >= 15 is 0 Å². The molecule has 0 amide bonds. The maximum atomic E-state index is 13.1. The molecule has 9 nitrogen and oxygen atoms in total. The maximum absolute atomic E-state index is 13.1. The van der Waals surface area contributed by atoms with E-state index in [2.05, 4.69) is 21.4 Å². The Balaban J connectivity index is 2.74. The molecule has 1 fully saturated rings. The number of rotatable bonds is 5. The van der Waals surface area contributed by atoms with Crippen molar-refractivity contribution in [3.63, 3.8) is 0 Å². The molecule has 9 heteroatoms. The lowest BCUT2D eigenvalue weighted by Gasteiger charge is -2.28. The average molecular weight is 372 g/mol. The zero-order valence-electron chi connectivity index (χ0n) is 16.6. The first kappa shape index (κ1) is 20.4. The highest BCUT2D eigenvalue weighted by Crippen LogP contribution is 2.79. The first-order valence-corrected chi connectivity index (χ1v) is 8.47. The fourth-order valence-electron chi connectivity index (χ4n) is 3.36. The third-order valence-electron chi connectivity index (χ3n) is 4.63. The maximum Gasteiger partial charge on any atom is 0.421 e. The first-order chi connectivity index (χ1) is 12.4. The highest BCUT2D eigenvalue weighted by atomic mass is 16.8. The topological polar surface area (TPSA) is 146 Å². The number of hydrogen-bond donors (Lipinski definition) is 1. The Bertz CT molecular complexity index is 826. The fourth-order valence-corrected chi connectivity index (χ4v) is 3.36. The number of amidine groups is 1. The fraction of sp³-hybridized carbons (Fsp3) is 0.667. The van der Waals surface area contributed by atoms with Gasteiger partial charge in [-0.1, -0.05) is 31.1 Å². The summed E-state index contributed by atoms with van der Waals surface area (Å²) in [6.07, 6.45) is 0. The molecule has 27 heavy (non-hydrogen) atoms. The molecule has 0 spiro atoms. The van der Waals surface area contributed by atoms with Crippen molar-refractivity contribution in [2.45, 2.75) is 54.4 Å². The van der Waals surface area contributed by atoms with Gasteiger partial charge in [-0.3, -0.25) is 4.79 Å². The summed E-state index contributed by atoms with van der Waals surface area (Å²) < 4.78 is 0. The zero-order chi connectivity index (χ0) is 20.8. The van der Waals surface area contributed by atoms with Gasteiger partial charge < -0.3 is 15.4 Å². The van der Waals surface area contributed by atoms with E-state index in [0.29, 0.717) is 11.4 Å². The van der Waals surface area contributed by atoms with Crippen LogP contribution in [0.25, 0.3) is 0 Å². The van der Waals surface area contributed by atoms with Gasteiger partial charge in [0, 0.05) is 5.41 Å². The third kappa shape index (κ3) is 2.49. The summed E-state index contributed by atoms with van der Waals surface area (Å²) in [5.41, 5.74) is 2.83. The van der Waals surface area contributed by atoms with Crippen LogP contribution in [0.3, 0.4) is 0 Å². The van der Waals surface area contributed by atoms with Gasteiger partial charge in [0.05, 0.1) is 29.5 Å². The Morgan fingerprint density at radius 1 is 1.11 bits per heavy atom. The second-order valence-corrected chi connectivity index (χ2v) is 8.23. The molecule has 2 rings (SSSR count). The van der Waals surface area contributed by atoms with E-state index in [0.717, 1.165) is 0 Å². The van der Waals surface area contributed by atoms with Crippen molar-refractivity contribution < 1.29 is 14.5 Å². The Hall–Kier alpha value is -2.94. The van der Waals surface area contributed by atoms with Crippen LogP contribution < -0.4 is 5.73 Å². The van der Waals surface area contributed by atoms with Crippen LogP contribution in [-0.2, 0) is 14.5 Å². The normalized spacial score (nSPS) is 30.0. The summed E-state index contributed by atoms with van der Waals surface area (Å²) in [7, 11) is 0. The minimum atomic E-state index is -2.12. The van der Waals surface area contributed by atoms with E-state index in [1.54, 1.807) is 48.5 Å². The van der Waals surface area contributed by atoms with Crippen LogP contribution in [-0.4, -0.2) is 29.0 Å². The van der Waals surface area contributed by atoms with Crippen molar-refractivity contribution in [2.75, 3.05) is 0 Å². The molecule has 1 aliphatic carbocycles. The molecule has 0 unspecified atom stereocenters. The number of Topliss-reactive ketones (excluding diaryl/α,β-unsaturated/α-hetero) is 1. The lowest BCUT2D eigenvalue weighted by atomic mass is 9.84. The molecule has 1 saturated carbocycles. The highest BCUT2D eigenvalue weighted by molar-refractivity contribution is 6.08. The monoisotopic (exact) mass is 372 g/mol. The first-order valence-electron chi connectivity index (χ1n) is 8.47. The zero-order valence-corrected chi connectivity index (χ0v) is 16.6. The number of carbonyl (C=O) groups is 1. The van der Waals surface area contributed by atoms with Gasteiger partial charge in [-0.05, 0) is 27.7 Å². The minimum Gasteiger partial charge on any atom is -0.386 e. The highest BCUT2D eigenvalue weighted by Gasteiger charge is 2.98. The molecule has 3 atom stereocenters. The number of aliphatic imine (C=N–C) groups is 1. The summed E-state index contributed by atoms with van der Waals surface area (Å²) in [5, 5.41) is 27.7. The lowest BCUT2D eigenvalue weighted by Crippen LogP contribution is -2.43. The molecule has 1 aliphatic heterocycles. The largest absolute Gasteiger partial charge is 0.421 e. The van der Waals surface area contributed by atoms with Crippen LogP contribution >= 0.6 is 0 Å². The minimum absolute atomic E-state index is 0.193. The van der Waals surface area contributed by atoms with Crippen LogP contribution in [0.5, 0.6) is 0 Å². The molecule has 0 aromatic heterocycles.